The van der Waals surface area contributed by atoms with E-state index in [4.69, 9.17) is 5.84 Å². The van der Waals surface area contributed by atoms with Crippen LogP contribution in [0.4, 0.5) is 11.8 Å². The van der Waals surface area contributed by atoms with Gasteiger partial charge in [-0.25, -0.2) is 10.8 Å². The summed E-state index contributed by atoms with van der Waals surface area (Å²) in [6.07, 6.45) is 0. The van der Waals surface area contributed by atoms with Crippen molar-refractivity contribution in [2.45, 2.75) is 6.54 Å². The summed E-state index contributed by atoms with van der Waals surface area (Å²) in [4.78, 5) is 9.88. The molecule has 98 valence electrons. The zero-order valence-electron chi connectivity index (χ0n) is 9.68. The second-order valence-corrected chi connectivity index (χ2v) is 7.20. The van der Waals surface area contributed by atoms with Gasteiger partial charge >= 0.3 is 0 Å². The predicted octanol–water partition coefficient (Wildman–Crippen LogP) is 3.41. The first-order valence-electron chi connectivity index (χ1n) is 5.46. The molecule has 0 saturated heterocycles. The molecule has 0 fully saturated rings. The van der Waals surface area contributed by atoms with Crippen LogP contribution < -0.4 is 16.6 Å². The predicted molar refractivity (Wildman–Crippen MR) is 84.6 cm³/mol. The Balaban J connectivity index is 1.88. The number of fused-ring (bicyclic) bond motifs is 1. The molecule has 0 aromatic carbocycles. The van der Waals surface area contributed by atoms with Crippen molar-refractivity contribution in [1.29, 1.82) is 0 Å². The van der Waals surface area contributed by atoms with Crippen molar-refractivity contribution < 1.29 is 0 Å². The Hall–Kier alpha value is -1.22. The molecule has 0 spiro atoms. The molecular formula is C11H10BrN5S2. The lowest BCUT2D eigenvalue weighted by Crippen LogP contribution is -2.11. The highest BCUT2D eigenvalue weighted by Gasteiger charge is 2.08. The highest BCUT2D eigenvalue weighted by molar-refractivity contribution is 9.11. The average Bonchev–Trinajstić information content (AvgIpc) is 3.04. The number of hydrogen-bond donors (Lipinski definition) is 3. The van der Waals surface area contributed by atoms with Gasteiger partial charge in [-0.3, -0.25) is 5.43 Å². The maximum absolute atomic E-state index is 5.39. The summed E-state index contributed by atoms with van der Waals surface area (Å²) in [5.41, 5.74) is 3.38. The molecule has 0 aliphatic rings. The molecule has 19 heavy (non-hydrogen) atoms. The maximum atomic E-state index is 5.39. The summed E-state index contributed by atoms with van der Waals surface area (Å²) >= 11 is 6.77. The van der Waals surface area contributed by atoms with Gasteiger partial charge in [-0.05, 0) is 39.5 Å². The molecule has 3 aromatic heterocycles. The average molecular weight is 356 g/mol. The minimum Gasteiger partial charge on any atom is -0.364 e. The van der Waals surface area contributed by atoms with Crippen LogP contribution in [0.1, 0.15) is 4.88 Å². The monoisotopic (exact) mass is 355 g/mol. The second-order valence-electron chi connectivity index (χ2n) is 3.73. The number of aromatic nitrogens is 2. The van der Waals surface area contributed by atoms with Gasteiger partial charge in [-0.1, -0.05) is 0 Å². The van der Waals surface area contributed by atoms with Crippen molar-refractivity contribution in [2.75, 3.05) is 10.7 Å². The van der Waals surface area contributed by atoms with Crippen molar-refractivity contribution in [3.05, 3.63) is 32.2 Å². The molecule has 3 aromatic rings. The second kappa shape index (κ2) is 5.41. The van der Waals surface area contributed by atoms with E-state index in [1.54, 1.807) is 22.7 Å². The van der Waals surface area contributed by atoms with Crippen LogP contribution in [-0.4, -0.2) is 9.97 Å². The lowest BCUT2D eigenvalue weighted by molar-refractivity contribution is 1.11. The van der Waals surface area contributed by atoms with E-state index in [1.807, 2.05) is 17.5 Å². The first-order chi connectivity index (χ1) is 9.26. The molecule has 0 aliphatic carbocycles. The van der Waals surface area contributed by atoms with E-state index in [9.17, 15) is 0 Å². The lowest BCUT2D eigenvalue weighted by atomic mass is 10.4. The molecule has 0 unspecified atom stereocenters. The fourth-order valence-corrected chi connectivity index (χ4v) is 3.89. The molecule has 0 atom stereocenters. The normalized spacial score (nSPS) is 10.8. The minimum absolute atomic E-state index is 0.417. The van der Waals surface area contributed by atoms with E-state index >= 15 is 0 Å². The number of halogens is 1. The number of nitrogen functional groups attached to an aromatic ring is 1. The molecular weight excluding hydrogens is 346 g/mol. The van der Waals surface area contributed by atoms with Gasteiger partial charge in [0.1, 0.15) is 5.82 Å². The summed E-state index contributed by atoms with van der Waals surface area (Å²) in [5, 5.41) is 5.32. The topological polar surface area (TPSA) is 75.9 Å². The van der Waals surface area contributed by atoms with Crippen LogP contribution in [0.5, 0.6) is 0 Å². The molecule has 3 rings (SSSR count). The Bertz CT molecular complexity index is 708. The first-order valence-corrected chi connectivity index (χ1v) is 7.95. The van der Waals surface area contributed by atoms with E-state index in [1.165, 1.54) is 4.88 Å². The van der Waals surface area contributed by atoms with Gasteiger partial charge in [0, 0.05) is 4.88 Å². The first kappa shape index (κ1) is 12.8. The molecule has 0 saturated carbocycles. The highest BCUT2D eigenvalue weighted by Crippen LogP contribution is 2.28. The van der Waals surface area contributed by atoms with Gasteiger partial charge in [0.15, 0.2) is 0 Å². The van der Waals surface area contributed by atoms with Gasteiger partial charge in [0.05, 0.1) is 20.5 Å². The van der Waals surface area contributed by atoms with Gasteiger partial charge in [0.25, 0.3) is 0 Å². The van der Waals surface area contributed by atoms with Crippen molar-refractivity contribution >= 4 is 60.6 Å². The van der Waals surface area contributed by atoms with Crippen LogP contribution in [-0.2, 0) is 6.54 Å². The Morgan fingerprint density at radius 2 is 2.16 bits per heavy atom. The van der Waals surface area contributed by atoms with E-state index < -0.39 is 0 Å². The fraction of sp³-hybridized carbons (Fsp3) is 0.0909. The number of rotatable bonds is 4. The van der Waals surface area contributed by atoms with E-state index in [-0.39, 0.29) is 0 Å². The van der Waals surface area contributed by atoms with Crippen LogP contribution in [0, 0.1) is 0 Å². The summed E-state index contributed by atoms with van der Waals surface area (Å²) < 4.78 is 2.16. The fourth-order valence-electron chi connectivity index (χ4n) is 1.67. The quantitative estimate of drug-likeness (QED) is 0.493. The third-order valence-electron chi connectivity index (χ3n) is 2.49. The van der Waals surface area contributed by atoms with Gasteiger partial charge in [-0.15, -0.1) is 22.7 Å². The Kier molecular flexibility index (Phi) is 3.65. The molecule has 8 heteroatoms. The third kappa shape index (κ3) is 2.71. The maximum Gasteiger partial charge on any atom is 0.239 e. The number of nitrogens with zero attached hydrogens (tertiary/aromatic N) is 2. The minimum atomic E-state index is 0.417. The van der Waals surface area contributed by atoms with Gasteiger partial charge < -0.3 is 5.32 Å². The van der Waals surface area contributed by atoms with Crippen molar-refractivity contribution in [1.82, 2.24) is 9.97 Å². The van der Waals surface area contributed by atoms with Crippen LogP contribution in [0.2, 0.25) is 0 Å². The largest absolute Gasteiger partial charge is 0.364 e. The zero-order chi connectivity index (χ0) is 13.2. The Morgan fingerprint density at radius 3 is 2.89 bits per heavy atom. The molecule has 0 bridgehead atoms. The number of hydrazine groups is 1. The SMILES string of the molecule is NNc1nc(NCc2ccc(Br)s2)c2sccc2n1. The van der Waals surface area contributed by atoms with Crippen LogP contribution in [0.3, 0.4) is 0 Å². The van der Waals surface area contributed by atoms with E-state index in [0.717, 1.165) is 26.4 Å². The number of nitrogens with one attached hydrogen (secondary N) is 2. The number of hydrogen-bond acceptors (Lipinski definition) is 7. The van der Waals surface area contributed by atoms with E-state index in [2.05, 4.69) is 42.7 Å². The van der Waals surface area contributed by atoms with Crippen LogP contribution >= 0.6 is 38.6 Å². The summed E-state index contributed by atoms with van der Waals surface area (Å²) in [6, 6.07) is 6.07. The van der Waals surface area contributed by atoms with Gasteiger partial charge in [-0.2, -0.15) is 4.98 Å². The Labute approximate surface area is 126 Å². The molecule has 4 N–H and O–H groups in total. The summed E-state index contributed by atoms with van der Waals surface area (Å²) in [6.45, 7) is 0.726. The van der Waals surface area contributed by atoms with Crippen molar-refractivity contribution in [3.8, 4) is 0 Å². The van der Waals surface area contributed by atoms with Crippen molar-refractivity contribution in [3.63, 3.8) is 0 Å². The Morgan fingerprint density at radius 1 is 1.26 bits per heavy atom. The van der Waals surface area contributed by atoms with E-state index in [0.29, 0.717) is 5.95 Å². The standard InChI is InChI=1S/C11H10BrN5S2/c12-8-2-1-6(19-8)5-14-10-9-7(3-4-18-9)15-11(16-10)17-13/h1-4H,5,13H2,(H2,14,15,16,17). The van der Waals surface area contributed by atoms with Gasteiger partial charge in [0.2, 0.25) is 5.95 Å². The molecule has 0 radical (unpaired) electrons. The van der Waals surface area contributed by atoms with Crippen LogP contribution in [0.25, 0.3) is 10.2 Å². The summed E-state index contributed by atoms with van der Waals surface area (Å²) in [7, 11) is 0. The summed E-state index contributed by atoms with van der Waals surface area (Å²) in [5.74, 6) is 6.61. The molecule has 3 heterocycles. The third-order valence-corrected chi connectivity index (χ3v) is 5.03. The number of anilines is 2. The number of nitrogens with two attached hydrogens (primary N) is 1. The smallest absolute Gasteiger partial charge is 0.239 e. The van der Waals surface area contributed by atoms with Crippen LogP contribution in [0.15, 0.2) is 27.4 Å². The molecule has 5 nitrogen and oxygen atoms in total. The number of thiophene rings is 2. The molecule has 0 amide bonds. The highest BCUT2D eigenvalue weighted by atomic mass is 79.9. The molecule has 0 aliphatic heterocycles. The lowest BCUT2D eigenvalue weighted by Gasteiger charge is -2.07. The van der Waals surface area contributed by atoms with Crippen molar-refractivity contribution in [2.24, 2.45) is 5.84 Å². The zero-order valence-corrected chi connectivity index (χ0v) is 12.9.